The summed E-state index contributed by atoms with van der Waals surface area (Å²) in [4.78, 5) is 0. The summed E-state index contributed by atoms with van der Waals surface area (Å²) in [5, 5.41) is 10.7. The topological polar surface area (TPSA) is 47.7 Å². The molecule has 21 heavy (non-hydrogen) atoms. The van der Waals surface area contributed by atoms with E-state index in [1.165, 1.54) is 11.7 Å². The van der Waals surface area contributed by atoms with Crippen molar-refractivity contribution < 1.29 is 13.2 Å². The van der Waals surface area contributed by atoms with Gasteiger partial charge in [-0.05, 0) is 12.5 Å². The molecular formula is C12H17ClF3N5. The van der Waals surface area contributed by atoms with E-state index in [-0.39, 0.29) is 19.0 Å². The number of rotatable bonds is 5. The molecule has 2 aromatic heterocycles. The third-order valence-electron chi connectivity index (χ3n) is 2.81. The highest BCUT2D eigenvalue weighted by Gasteiger charge is 2.34. The second-order valence-corrected chi connectivity index (χ2v) is 4.46. The summed E-state index contributed by atoms with van der Waals surface area (Å²) in [6.45, 7) is 3.09. The third kappa shape index (κ3) is 4.38. The van der Waals surface area contributed by atoms with E-state index in [2.05, 4.69) is 15.5 Å². The number of nitrogens with one attached hydrogen (secondary N) is 1. The van der Waals surface area contributed by atoms with Gasteiger partial charge in [0.25, 0.3) is 0 Å². The number of nitrogens with zero attached hydrogens (tertiary/aromatic N) is 4. The molecule has 0 amide bonds. The Kier molecular flexibility index (Phi) is 5.65. The molecule has 0 bridgehead atoms. The second kappa shape index (κ2) is 6.84. The molecule has 0 unspecified atom stereocenters. The van der Waals surface area contributed by atoms with Crippen LogP contribution in [-0.4, -0.2) is 19.6 Å². The zero-order valence-electron chi connectivity index (χ0n) is 11.7. The van der Waals surface area contributed by atoms with Crippen LogP contribution in [0.15, 0.2) is 18.3 Å². The number of hydrogen-bond donors (Lipinski definition) is 1. The van der Waals surface area contributed by atoms with Crippen LogP contribution in [0.5, 0.6) is 0 Å². The fraction of sp³-hybridized carbons (Fsp3) is 0.500. The fourth-order valence-electron chi connectivity index (χ4n) is 1.80. The van der Waals surface area contributed by atoms with Crippen molar-refractivity contribution in [3.05, 3.63) is 29.7 Å². The maximum atomic E-state index is 12.5. The largest absolute Gasteiger partial charge is 0.435 e. The van der Waals surface area contributed by atoms with E-state index in [0.717, 1.165) is 19.0 Å². The van der Waals surface area contributed by atoms with E-state index in [1.54, 1.807) is 10.7 Å². The van der Waals surface area contributed by atoms with Gasteiger partial charge >= 0.3 is 6.18 Å². The molecule has 118 valence electrons. The predicted molar refractivity (Wildman–Crippen MR) is 75.3 cm³/mol. The van der Waals surface area contributed by atoms with Crippen LogP contribution >= 0.6 is 12.4 Å². The van der Waals surface area contributed by atoms with Crippen LogP contribution < -0.4 is 5.32 Å². The Hall–Kier alpha value is -1.70. The van der Waals surface area contributed by atoms with Gasteiger partial charge in [-0.2, -0.15) is 23.4 Å². The van der Waals surface area contributed by atoms with Crippen molar-refractivity contribution in [2.24, 2.45) is 7.05 Å². The summed E-state index contributed by atoms with van der Waals surface area (Å²) < 4.78 is 40.6. The molecule has 1 N–H and O–H groups in total. The lowest BCUT2D eigenvalue weighted by Crippen LogP contribution is -2.07. The van der Waals surface area contributed by atoms with Crippen LogP contribution in [0.3, 0.4) is 0 Å². The molecule has 0 aromatic carbocycles. The summed E-state index contributed by atoms with van der Waals surface area (Å²) in [6, 6.07) is 2.83. The Balaban J connectivity index is 0.00000220. The van der Waals surface area contributed by atoms with Gasteiger partial charge in [-0.3, -0.25) is 9.36 Å². The van der Waals surface area contributed by atoms with Gasteiger partial charge in [0, 0.05) is 25.9 Å². The van der Waals surface area contributed by atoms with Crippen molar-refractivity contribution in [2.75, 3.05) is 5.32 Å². The lowest BCUT2D eigenvalue weighted by atomic mass is 10.3. The molecule has 0 saturated heterocycles. The van der Waals surface area contributed by atoms with Crippen molar-refractivity contribution in [1.29, 1.82) is 0 Å². The van der Waals surface area contributed by atoms with Crippen molar-refractivity contribution >= 4 is 18.2 Å². The first-order valence-corrected chi connectivity index (χ1v) is 6.27. The normalized spacial score (nSPS) is 11.3. The molecule has 2 aromatic rings. The van der Waals surface area contributed by atoms with Crippen molar-refractivity contribution in [2.45, 2.75) is 32.6 Å². The van der Waals surface area contributed by atoms with E-state index in [9.17, 15) is 13.2 Å². The Morgan fingerprint density at radius 1 is 1.29 bits per heavy atom. The summed E-state index contributed by atoms with van der Waals surface area (Å²) in [5.74, 6) is 0.633. The summed E-state index contributed by atoms with van der Waals surface area (Å²) >= 11 is 0. The highest BCUT2D eigenvalue weighted by Crippen LogP contribution is 2.28. The molecule has 0 spiro atoms. The first-order chi connectivity index (χ1) is 9.40. The Labute approximate surface area is 126 Å². The molecule has 0 aliphatic rings. The SMILES string of the molecule is CCCn1ccc(NCc2cc(C(F)(F)F)nn2C)n1.Cl. The summed E-state index contributed by atoms with van der Waals surface area (Å²) in [5.41, 5.74) is -0.435. The Bertz CT molecular complexity index is 576. The van der Waals surface area contributed by atoms with Gasteiger partial charge < -0.3 is 5.32 Å². The molecule has 0 aliphatic heterocycles. The number of aryl methyl sites for hydroxylation is 2. The summed E-state index contributed by atoms with van der Waals surface area (Å²) in [7, 11) is 1.49. The van der Waals surface area contributed by atoms with Gasteiger partial charge in [0.2, 0.25) is 0 Å². The van der Waals surface area contributed by atoms with Crippen molar-refractivity contribution in [3.8, 4) is 0 Å². The zero-order chi connectivity index (χ0) is 14.8. The van der Waals surface area contributed by atoms with Gasteiger partial charge in [0.15, 0.2) is 5.69 Å². The highest BCUT2D eigenvalue weighted by molar-refractivity contribution is 5.85. The smallest absolute Gasteiger partial charge is 0.363 e. The van der Waals surface area contributed by atoms with Gasteiger partial charge in [-0.25, -0.2) is 0 Å². The first-order valence-electron chi connectivity index (χ1n) is 6.27. The van der Waals surface area contributed by atoms with Crippen LogP contribution in [-0.2, 0) is 26.3 Å². The van der Waals surface area contributed by atoms with Crippen molar-refractivity contribution in [3.63, 3.8) is 0 Å². The highest BCUT2D eigenvalue weighted by atomic mass is 35.5. The molecule has 5 nitrogen and oxygen atoms in total. The van der Waals surface area contributed by atoms with E-state index in [4.69, 9.17) is 0 Å². The van der Waals surface area contributed by atoms with Gasteiger partial charge in [0.05, 0.1) is 12.2 Å². The number of halogens is 4. The van der Waals surface area contributed by atoms with Gasteiger partial charge in [-0.15, -0.1) is 12.4 Å². The minimum Gasteiger partial charge on any atom is -0.363 e. The quantitative estimate of drug-likeness (QED) is 0.920. The van der Waals surface area contributed by atoms with Gasteiger partial charge in [0.1, 0.15) is 5.82 Å². The van der Waals surface area contributed by atoms with E-state index in [0.29, 0.717) is 11.5 Å². The maximum absolute atomic E-state index is 12.5. The summed E-state index contributed by atoms with van der Waals surface area (Å²) in [6.07, 6.45) is -1.62. The zero-order valence-corrected chi connectivity index (χ0v) is 12.5. The number of hydrogen-bond acceptors (Lipinski definition) is 3. The average Bonchev–Trinajstić information content (AvgIpc) is 2.93. The van der Waals surface area contributed by atoms with Crippen LogP contribution in [0.4, 0.5) is 19.0 Å². The van der Waals surface area contributed by atoms with E-state index in [1.807, 2.05) is 13.1 Å². The van der Waals surface area contributed by atoms with E-state index < -0.39 is 11.9 Å². The second-order valence-electron chi connectivity index (χ2n) is 4.46. The molecular weight excluding hydrogens is 307 g/mol. The lowest BCUT2D eigenvalue weighted by Gasteiger charge is -2.03. The maximum Gasteiger partial charge on any atom is 0.435 e. The fourth-order valence-corrected chi connectivity index (χ4v) is 1.80. The minimum atomic E-state index is -4.42. The monoisotopic (exact) mass is 323 g/mol. The molecule has 9 heteroatoms. The molecule has 2 rings (SSSR count). The molecule has 2 heterocycles. The molecule has 0 fully saturated rings. The van der Waals surface area contributed by atoms with E-state index >= 15 is 0 Å². The predicted octanol–water partition coefficient (Wildman–Crippen LogP) is 3.08. The van der Waals surface area contributed by atoms with Crippen LogP contribution in [0.1, 0.15) is 24.7 Å². The Morgan fingerprint density at radius 2 is 2.00 bits per heavy atom. The number of alkyl halides is 3. The van der Waals surface area contributed by atoms with Crippen LogP contribution in [0.25, 0.3) is 0 Å². The lowest BCUT2D eigenvalue weighted by molar-refractivity contribution is -0.141. The molecule has 0 atom stereocenters. The first kappa shape index (κ1) is 17.4. The van der Waals surface area contributed by atoms with Crippen LogP contribution in [0, 0.1) is 0 Å². The molecule has 0 aliphatic carbocycles. The number of anilines is 1. The van der Waals surface area contributed by atoms with Crippen LogP contribution in [0.2, 0.25) is 0 Å². The molecule has 0 radical (unpaired) electrons. The third-order valence-corrected chi connectivity index (χ3v) is 2.81. The minimum absolute atomic E-state index is 0. The Morgan fingerprint density at radius 3 is 2.57 bits per heavy atom. The molecule has 0 saturated carbocycles. The number of aromatic nitrogens is 4. The van der Waals surface area contributed by atoms with Crippen molar-refractivity contribution in [1.82, 2.24) is 19.6 Å². The van der Waals surface area contributed by atoms with Gasteiger partial charge in [-0.1, -0.05) is 6.92 Å². The average molecular weight is 324 g/mol. The standard InChI is InChI=1S/C12H16F3N5.ClH/c1-3-5-20-6-4-11(18-20)16-8-9-7-10(12(13,14)15)17-19(9)2;/h4,6-7H,3,5,8H2,1-2H3,(H,16,18);1H.